The summed E-state index contributed by atoms with van der Waals surface area (Å²) in [4.78, 5) is 0.0836. The lowest BCUT2D eigenvalue weighted by atomic mass is 9.86. The fraction of sp³-hybridized carbons (Fsp3) is 0.455. The maximum absolute atomic E-state index is 11.1. The minimum atomic E-state index is -3.66. The van der Waals surface area contributed by atoms with E-state index in [0.29, 0.717) is 18.3 Å². The van der Waals surface area contributed by atoms with Gasteiger partial charge >= 0.3 is 0 Å². The molecule has 1 fully saturated rings. The second-order valence-electron chi connectivity index (χ2n) is 4.02. The van der Waals surface area contributed by atoms with Crippen LogP contribution in [0.1, 0.15) is 19.3 Å². The van der Waals surface area contributed by atoms with Crippen molar-refractivity contribution in [3.63, 3.8) is 0 Å². The molecule has 0 atom stereocenters. The fourth-order valence-corrected chi connectivity index (χ4v) is 2.38. The average Bonchev–Trinajstić information content (AvgIpc) is 2.14. The molecular weight excluding hydrogens is 248 g/mol. The van der Waals surface area contributed by atoms with E-state index < -0.39 is 9.05 Å². The second kappa shape index (κ2) is 4.63. The van der Waals surface area contributed by atoms with E-state index in [1.807, 2.05) is 0 Å². The molecule has 0 bridgehead atoms. The summed E-state index contributed by atoms with van der Waals surface area (Å²) >= 11 is 0. The molecule has 1 aliphatic carbocycles. The van der Waals surface area contributed by atoms with Crippen LogP contribution in [0.5, 0.6) is 5.75 Å². The first-order valence-corrected chi connectivity index (χ1v) is 7.54. The second-order valence-corrected chi connectivity index (χ2v) is 6.59. The predicted octanol–water partition coefficient (Wildman–Crippen LogP) is 2.79. The van der Waals surface area contributed by atoms with Crippen molar-refractivity contribution in [3.8, 4) is 5.75 Å². The van der Waals surface area contributed by atoms with Crippen molar-refractivity contribution in [1.82, 2.24) is 0 Å². The lowest BCUT2D eigenvalue weighted by Gasteiger charge is -2.25. The molecule has 1 aliphatic rings. The van der Waals surface area contributed by atoms with Crippen LogP contribution in [-0.4, -0.2) is 15.0 Å². The predicted molar refractivity (Wildman–Crippen MR) is 62.3 cm³/mol. The van der Waals surface area contributed by atoms with E-state index in [4.69, 9.17) is 15.4 Å². The molecule has 0 aromatic heterocycles. The molecule has 16 heavy (non-hydrogen) atoms. The van der Waals surface area contributed by atoms with Crippen LogP contribution in [0.4, 0.5) is 0 Å². The Balaban J connectivity index is 2.04. The summed E-state index contributed by atoms with van der Waals surface area (Å²) in [5.74, 6) is 1.19. The molecule has 2 rings (SSSR count). The first-order valence-electron chi connectivity index (χ1n) is 5.23. The summed E-state index contributed by atoms with van der Waals surface area (Å²) in [6.07, 6.45) is 3.67. The van der Waals surface area contributed by atoms with Crippen molar-refractivity contribution in [2.45, 2.75) is 24.2 Å². The van der Waals surface area contributed by atoms with Crippen LogP contribution in [0.15, 0.2) is 29.2 Å². The largest absolute Gasteiger partial charge is 0.493 e. The molecule has 0 unspecified atom stereocenters. The topological polar surface area (TPSA) is 43.4 Å². The summed E-state index contributed by atoms with van der Waals surface area (Å²) in [5.41, 5.74) is 0. The van der Waals surface area contributed by atoms with Gasteiger partial charge in [0.05, 0.1) is 11.5 Å². The standard InChI is InChI=1S/C11H13ClO3S/c12-16(13,14)11-6-2-5-10(7-11)15-8-9-3-1-4-9/h2,5-7,9H,1,3-4,8H2. The van der Waals surface area contributed by atoms with Crippen LogP contribution < -0.4 is 4.74 Å². The van der Waals surface area contributed by atoms with Gasteiger partial charge in [0.15, 0.2) is 0 Å². The van der Waals surface area contributed by atoms with Crippen LogP contribution in [0.2, 0.25) is 0 Å². The third-order valence-corrected chi connectivity index (χ3v) is 4.15. The highest BCUT2D eigenvalue weighted by molar-refractivity contribution is 8.13. The summed E-state index contributed by atoms with van der Waals surface area (Å²) in [6, 6.07) is 6.29. The highest BCUT2D eigenvalue weighted by atomic mass is 35.7. The molecule has 5 heteroatoms. The van der Waals surface area contributed by atoms with Gasteiger partial charge in [-0.25, -0.2) is 8.42 Å². The van der Waals surface area contributed by atoms with Gasteiger partial charge in [0.25, 0.3) is 9.05 Å². The third kappa shape index (κ3) is 2.89. The zero-order valence-corrected chi connectivity index (χ0v) is 10.3. The van der Waals surface area contributed by atoms with Crippen LogP contribution in [0, 0.1) is 5.92 Å². The number of benzene rings is 1. The molecule has 88 valence electrons. The van der Waals surface area contributed by atoms with Gasteiger partial charge in [-0.2, -0.15) is 0 Å². The molecule has 3 nitrogen and oxygen atoms in total. The van der Waals surface area contributed by atoms with Crippen molar-refractivity contribution in [3.05, 3.63) is 24.3 Å². The monoisotopic (exact) mass is 260 g/mol. The van der Waals surface area contributed by atoms with Gasteiger partial charge in [0.1, 0.15) is 5.75 Å². The van der Waals surface area contributed by atoms with Gasteiger partial charge in [0, 0.05) is 16.7 Å². The number of halogens is 1. The van der Waals surface area contributed by atoms with Gasteiger partial charge in [-0.15, -0.1) is 0 Å². The lowest BCUT2D eigenvalue weighted by molar-refractivity contribution is 0.180. The third-order valence-electron chi connectivity index (χ3n) is 2.80. The van der Waals surface area contributed by atoms with Crippen molar-refractivity contribution in [2.75, 3.05) is 6.61 Å². The molecule has 0 spiro atoms. The smallest absolute Gasteiger partial charge is 0.261 e. The Morgan fingerprint density at radius 1 is 1.38 bits per heavy atom. The van der Waals surface area contributed by atoms with Gasteiger partial charge in [-0.05, 0) is 30.9 Å². The minimum Gasteiger partial charge on any atom is -0.493 e. The molecule has 1 saturated carbocycles. The quantitative estimate of drug-likeness (QED) is 0.782. The van der Waals surface area contributed by atoms with E-state index in [9.17, 15) is 8.42 Å². The van der Waals surface area contributed by atoms with Gasteiger partial charge < -0.3 is 4.74 Å². The minimum absolute atomic E-state index is 0.0836. The van der Waals surface area contributed by atoms with Crippen LogP contribution in [0.25, 0.3) is 0 Å². The summed E-state index contributed by atoms with van der Waals surface area (Å²) in [5, 5.41) is 0. The Hall–Kier alpha value is -0.740. The maximum atomic E-state index is 11.1. The molecule has 1 aromatic rings. The lowest BCUT2D eigenvalue weighted by Crippen LogP contribution is -2.19. The maximum Gasteiger partial charge on any atom is 0.261 e. The zero-order valence-electron chi connectivity index (χ0n) is 8.73. The summed E-state index contributed by atoms with van der Waals surface area (Å²) in [6.45, 7) is 0.659. The number of hydrogen-bond donors (Lipinski definition) is 0. The molecule has 0 aliphatic heterocycles. The van der Waals surface area contributed by atoms with Crippen LogP contribution in [-0.2, 0) is 9.05 Å². The van der Waals surface area contributed by atoms with Gasteiger partial charge in [0.2, 0.25) is 0 Å². The Morgan fingerprint density at radius 3 is 2.69 bits per heavy atom. The molecule has 0 saturated heterocycles. The molecule has 1 aromatic carbocycles. The first-order chi connectivity index (χ1) is 7.55. The highest BCUT2D eigenvalue weighted by Crippen LogP contribution is 2.28. The van der Waals surface area contributed by atoms with Crippen molar-refractivity contribution in [2.24, 2.45) is 5.92 Å². The van der Waals surface area contributed by atoms with Crippen LogP contribution >= 0.6 is 10.7 Å². The van der Waals surface area contributed by atoms with Crippen molar-refractivity contribution in [1.29, 1.82) is 0 Å². The average molecular weight is 261 g/mol. The molecule has 0 N–H and O–H groups in total. The zero-order chi connectivity index (χ0) is 11.6. The number of ether oxygens (including phenoxy) is 1. The highest BCUT2D eigenvalue weighted by Gasteiger charge is 2.18. The SMILES string of the molecule is O=S(=O)(Cl)c1cccc(OCC2CCC2)c1. The van der Waals surface area contributed by atoms with Gasteiger partial charge in [-0.1, -0.05) is 12.5 Å². The van der Waals surface area contributed by atoms with E-state index in [2.05, 4.69) is 0 Å². The van der Waals surface area contributed by atoms with E-state index in [1.165, 1.54) is 31.4 Å². The van der Waals surface area contributed by atoms with E-state index in [0.717, 1.165) is 0 Å². The van der Waals surface area contributed by atoms with E-state index in [-0.39, 0.29) is 4.90 Å². The summed E-state index contributed by atoms with van der Waals surface area (Å²) in [7, 11) is 1.59. The van der Waals surface area contributed by atoms with E-state index >= 15 is 0 Å². The fourth-order valence-electron chi connectivity index (χ4n) is 1.59. The number of rotatable bonds is 4. The van der Waals surface area contributed by atoms with E-state index in [1.54, 1.807) is 12.1 Å². The Bertz CT molecular complexity index is 466. The normalized spacial score (nSPS) is 16.8. The first kappa shape index (κ1) is 11.7. The Kier molecular flexibility index (Phi) is 3.40. The number of hydrogen-bond acceptors (Lipinski definition) is 3. The Labute approximate surface area is 99.8 Å². The molecule has 0 radical (unpaired) electrons. The Morgan fingerprint density at radius 2 is 2.12 bits per heavy atom. The summed E-state index contributed by atoms with van der Waals surface area (Å²) < 4.78 is 27.7. The van der Waals surface area contributed by atoms with Crippen LogP contribution in [0.3, 0.4) is 0 Å². The van der Waals surface area contributed by atoms with Crippen molar-refractivity contribution >= 4 is 19.7 Å². The molecule has 0 heterocycles. The molecular formula is C11H13ClO3S. The molecule has 0 amide bonds. The van der Waals surface area contributed by atoms with Crippen molar-refractivity contribution < 1.29 is 13.2 Å². The van der Waals surface area contributed by atoms with Gasteiger partial charge in [-0.3, -0.25) is 0 Å².